The largest absolute Gasteiger partial charge is 0.334 e. The number of hydrogen-bond donors (Lipinski definition) is 0. The van der Waals surface area contributed by atoms with Gasteiger partial charge in [0.15, 0.2) is 5.78 Å². The molecule has 0 N–H and O–H groups in total. The van der Waals surface area contributed by atoms with Crippen LogP contribution >= 0.6 is 0 Å². The van der Waals surface area contributed by atoms with Gasteiger partial charge in [-0.3, -0.25) is 19.3 Å². The molecule has 0 aromatic heterocycles. The summed E-state index contributed by atoms with van der Waals surface area (Å²) < 4.78 is 0. The van der Waals surface area contributed by atoms with E-state index in [0.717, 1.165) is 20.9 Å². The Morgan fingerprint density at radius 1 is 0.962 bits per heavy atom. The van der Waals surface area contributed by atoms with Crippen molar-refractivity contribution in [2.75, 3.05) is 13.1 Å². The van der Waals surface area contributed by atoms with Crippen molar-refractivity contribution in [3.63, 3.8) is 0 Å². The van der Waals surface area contributed by atoms with E-state index in [1.54, 1.807) is 6.07 Å². The second-order valence-corrected chi connectivity index (χ2v) is 7.21. The summed E-state index contributed by atoms with van der Waals surface area (Å²) in [6, 6.07) is 4.94. The minimum absolute atomic E-state index is 0.121. The molecular weight excluding hydrogens is 332 g/mol. The minimum atomic E-state index is -0.929. The van der Waals surface area contributed by atoms with Crippen molar-refractivity contribution in [3.8, 4) is 0 Å². The van der Waals surface area contributed by atoms with Gasteiger partial charge in [0.1, 0.15) is 0 Å². The van der Waals surface area contributed by atoms with E-state index in [1.807, 2.05) is 32.9 Å². The lowest BCUT2D eigenvalue weighted by atomic mass is 9.90. The van der Waals surface area contributed by atoms with Crippen molar-refractivity contribution >= 4 is 23.6 Å². The van der Waals surface area contributed by atoms with Crippen LogP contribution in [0.15, 0.2) is 18.2 Å². The van der Waals surface area contributed by atoms with Gasteiger partial charge in [-0.2, -0.15) is 0 Å². The van der Waals surface area contributed by atoms with Crippen LogP contribution in [0, 0.1) is 0 Å². The second-order valence-electron chi connectivity index (χ2n) is 7.21. The SMILES string of the molecule is CCCN1C(=O)C(=O)N(CC(=O)c2ccc(C(C)C)cc2C(C)C)C1=O. The lowest BCUT2D eigenvalue weighted by Gasteiger charge is -2.18. The Kier molecular flexibility index (Phi) is 5.95. The molecule has 1 aromatic carbocycles. The molecule has 2 rings (SSSR count). The molecule has 0 spiro atoms. The molecule has 26 heavy (non-hydrogen) atoms. The number of carbonyl (C=O) groups is 4. The summed E-state index contributed by atoms with van der Waals surface area (Å²) in [6.45, 7) is 9.72. The van der Waals surface area contributed by atoms with Crippen molar-refractivity contribution in [2.45, 2.75) is 52.9 Å². The molecule has 1 aliphatic rings. The molecular formula is C20H26N2O4. The average molecular weight is 358 g/mol. The van der Waals surface area contributed by atoms with Gasteiger partial charge < -0.3 is 0 Å². The van der Waals surface area contributed by atoms with Gasteiger partial charge in [0.05, 0.1) is 6.54 Å². The summed E-state index contributed by atoms with van der Waals surface area (Å²) in [5, 5.41) is 0. The number of nitrogens with zero attached hydrogens (tertiary/aromatic N) is 2. The van der Waals surface area contributed by atoms with Crippen LogP contribution in [0.25, 0.3) is 0 Å². The van der Waals surface area contributed by atoms with E-state index in [1.165, 1.54) is 0 Å². The Labute approximate surface area is 154 Å². The zero-order valence-corrected chi connectivity index (χ0v) is 16.0. The van der Waals surface area contributed by atoms with Crippen LogP contribution < -0.4 is 0 Å². The van der Waals surface area contributed by atoms with Crippen LogP contribution in [0.5, 0.6) is 0 Å². The van der Waals surface area contributed by atoms with Gasteiger partial charge in [0.25, 0.3) is 0 Å². The van der Waals surface area contributed by atoms with Crippen LogP contribution in [-0.4, -0.2) is 46.5 Å². The first-order valence-electron chi connectivity index (χ1n) is 9.03. The van der Waals surface area contributed by atoms with Crippen LogP contribution in [0.1, 0.15) is 74.4 Å². The maximum Gasteiger partial charge on any atom is 0.334 e. The Morgan fingerprint density at radius 2 is 1.58 bits per heavy atom. The van der Waals surface area contributed by atoms with E-state index < -0.39 is 24.4 Å². The molecule has 0 radical (unpaired) electrons. The Bertz CT molecular complexity index is 752. The average Bonchev–Trinajstić information content (AvgIpc) is 2.79. The van der Waals surface area contributed by atoms with Crippen LogP contribution in [-0.2, 0) is 9.59 Å². The number of amides is 4. The third-order valence-corrected chi connectivity index (χ3v) is 4.55. The van der Waals surface area contributed by atoms with Gasteiger partial charge in [-0.1, -0.05) is 52.8 Å². The number of imide groups is 2. The molecule has 1 heterocycles. The number of rotatable bonds is 7. The van der Waals surface area contributed by atoms with E-state index in [9.17, 15) is 19.2 Å². The quantitative estimate of drug-likeness (QED) is 0.426. The number of benzene rings is 1. The molecule has 0 unspecified atom stereocenters. The van der Waals surface area contributed by atoms with E-state index in [4.69, 9.17) is 0 Å². The van der Waals surface area contributed by atoms with Gasteiger partial charge in [0.2, 0.25) is 0 Å². The highest BCUT2D eigenvalue weighted by molar-refractivity contribution is 6.45. The summed E-state index contributed by atoms with van der Waals surface area (Å²) in [7, 11) is 0. The highest BCUT2D eigenvalue weighted by atomic mass is 16.2. The summed E-state index contributed by atoms with van der Waals surface area (Å²) in [6.07, 6.45) is 0.556. The third-order valence-electron chi connectivity index (χ3n) is 4.55. The molecule has 1 aromatic rings. The maximum atomic E-state index is 12.8. The van der Waals surface area contributed by atoms with Crippen LogP contribution in [0.3, 0.4) is 0 Å². The zero-order valence-electron chi connectivity index (χ0n) is 16.0. The summed E-state index contributed by atoms with van der Waals surface area (Å²) >= 11 is 0. The van der Waals surface area contributed by atoms with Crippen molar-refractivity contribution in [2.24, 2.45) is 0 Å². The standard InChI is InChI=1S/C20H26N2O4/c1-6-9-21-18(24)19(25)22(20(21)26)11-17(23)15-8-7-14(12(2)3)10-16(15)13(4)5/h7-8,10,12-13H,6,9,11H2,1-5H3. The number of Topliss-reactive ketones (excluding diaryl/α,β-unsaturated/α-hetero) is 1. The van der Waals surface area contributed by atoms with Gasteiger partial charge in [-0.15, -0.1) is 0 Å². The zero-order chi connectivity index (χ0) is 19.6. The number of hydrogen-bond acceptors (Lipinski definition) is 4. The van der Waals surface area contributed by atoms with Crippen molar-refractivity contribution in [3.05, 3.63) is 34.9 Å². The third kappa shape index (κ3) is 3.69. The Balaban J connectivity index is 2.29. The van der Waals surface area contributed by atoms with E-state index >= 15 is 0 Å². The number of urea groups is 1. The first-order chi connectivity index (χ1) is 12.2. The normalized spacial score (nSPS) is 15.0. The molecule has 6 heteroatoms. The number of ketones is 1. The maximum absolute atomic E-state index is 12.8. The Hall–Kier alpha value is -2.50. The van der Waals surface area contributed by atoms with Gasteiger partial charge >= 0.3 is 17.8 Å². The first-order valence-corrected chi connectivity index (χ1v) is 9.03. The molecule has 1 aliphatic heterocycles. The fourth-order valence-electron chi connectivity index (χ4n) is 3.01. The predicted molar refractivity (Wildman–Crippen MR) is 98.1 cm³/mol. The topological polar surface area (TPSA) is 74.8 Å². The molecule has 0 saturated carbocycles. The van der Waals surface area contributed by atoms with Crippen molar-refractivity contribution < 1.29 is 19.2 Å². The van der Waals surface area contributed by atoms with Crippen LogP contribution in [0.4, 0.5) is 4.79 Å². The van der Waals surface area contributed by atoms with E-state index in [2.05, 4.69) is 13.8 Å². The molecule has 6 nitrogen and oxygen atoms in total. The predicted octanol–water partition coefficient (Wildman–Crippen LogP) is 3.32. The minimum Gasteiger partial charge on any atom is -0.292 e. The van der Waals surface area contributed by atoms with Crippen LogP contribution in [0.2, 0.25) is 0 Å². The first kappa shape index (κ1) is 19.8. The molecule has 0 aliphatic carbocycles. The molecule has 0 bridgehead atoms. The monoisotopic (exact) mass is 358 g/mol. The lowest BCUT2D eigenvalue weighted by molar-refractivity contribution is -0.143. The summed E-state index contributed by atoms with van der Waals surface area (Å²) in [5.74, 6) is -1.67. The summed E-state index contributed by atoms with van der Waals surface area (Å²) in [5.41, 5.74) is 2.51. The highest BCUT2D eigenvalue weighted by Crippen LogP contribution is 2.26. The molecule has 140 valence electrons. The van der Waals surface area contributed by atoms with Gasteiger partial charge in [-0.25, -0.2) is 9.69 Å². The highest BCUT2D eigenvalue weighted by Gasteiger charge is 2.44. The Morgan fingerprint density at radius 3 is 2.12 bits per heavy atom. The summed E-state index contributed by atoms with van der Waals surface area (Å²) in [4.78, 5) is 50.8. The molecule has 4 amide bonds. The number of carbonyl (C=O) groups excluding carboxylic acids is 4. The smallest absolute Gasteiger partial charge is 0.292 e. The molecule has 1 saturated heterocycles. The fourth-order valence-corrected chi connectivity index (χ4v) is 3.01. The van der Waals surface area contributed by atoms with E-state index in [0.29, 0.717) is 17.9 Å². The molecule has 0 atom stereocenters. The van der Waals surface area contributed by atoms with Crippen molar-refractivity contribution in [1.82, 2.24) is 9.80 Å². The van der Waals surface area contributed by atoms with Gasteiger partial charge in [0, 0.05) is 12.1 Å². The molecule has 1 fully saturated rings. The van der Waals surface area contributed by atoms with E-state index in [-0.39, 0.29) is 18.2 Å². The van der Waals surface area contributed by atoms with Crippen molar-refractivity contribution in [1.29, 1.82) is 0 Å². The lowest BCUT2D eigenvalue weighted by Crippen LogP contribution is -2.37. The fraction of sp³-hybridized carbons (Fsp3) is 0.500. The second kappa shape index (κ2) is 7.81. The van der Waals surface area contributed by atoms with Gasteiger partial charge in [-0.05, 0) is 29.4 Å².